The minimum Gasteiger partial charge on any atom is -0.497 e. The highest BCUT2D eigenvalue weighted by atomic mass is 19.1. The number of methoxy groups -OCH3 is 1. The average Bonchev–Trinajstić information content (AvgIpc) is 2.98. The third-order valence-corrected chi connectivity index (χ3v) is 4.54. The van der Waals surface area contributed by atoms with Crippen LogP contribution in [-0.4, -0.2) is 23.5 Å². The molecule has 150 valence electrons. The summed E-state index contributed by atoms with van der Waals surface area (Å²) in [6, 6.07) is 13.4. The number of amides is 2. The highest BCUT2D eigenvalue weighted by molar-refractivity contribution is 6.05. The molecule has 7 heteroatoms. The summed E-state index contributed by atoms with van der Waals surface area (Å²) in [5.41, 5.74) is 3.48. The lowest BCUT2D eigenvalue weighted by atomic mass is 10.2. The Balaban J connectivity index is 1.88. The molecule has 0 saturated heterocycles. The maximum Gasteiger partial charge on any atom is 0.257 e. The first kappa shape index (κ1) is 20.1. The Morgan fingerprint density at radius 3 is 2.31 bits per heavy atom. The molecule has 0 atom stereocenters. The Bertz CT molecular complexity index is 1070. The minimum atomic E-state index is -0.573. The second-order valence-electron chi connectivity index (χ2n) is 6.65. The molecule has 1 heterocycles. The SMILES string of the molecule is COc1ccc(-n2c(C)cc(C(=O)Nc3ccc(F)c(NC(C)=O)c3)c2C)cc1. The number of hydrogen-bond donors (Lipinski definition) is 2. The standard InChI is InChI=1S/C22H22FN3O3/c1-13-11-19(14(2)26(13)17-6-8-18(29-4)9-7-17)22(28)25-16-5-10-20(23)21(12-16)24-15(3)27/h5-12H,1-4H3,(H,24,27)(H,25,28). The lowest BCUT2D eigenvalue weighted by Gasteiger charge is -2.11. The zero-order valence-electron chi connectivity index (χ0n) is 16.7. The molecule has 0 fully saturated rings. The molecule has 0 bridgehead atoms. The Morgan fingerprint density at radius 1 is 1.00 bits per heavy atom. The molecule has 1 aromatic heterocycles. The van der Waals surface area contributed by atoms with Gasteiger partial charge in [0.05, 0.1) is 18.4 Å². The van der Waals surface area contributed by atoms with E-state index in [1.165, 1.54) is 25.1 Å². The van der Waals surface area contributed by atoms with Crippen molar-refractivity contribution in [3.63, 3.8) is 0 Å². The number of halogens is 1. The van der Waals surface area contributed by atoms with Crippen LogP contribution >= 0.6 is 0 Å². The van der Waals surface area contributed by atoms with Crippen LogP contribution in [0.2, 0.25) is 0 Å². The van der Waals surface area contributed by atoms with Gasteiger partial charge in [-0.05, 0) is 62.4 Å². The fourth-order valence-electron chi connectivity index (χ4n) is 3.21. The smallest absolute Gasteiger partial charge is 0.257 e. The molecule has 3 rings (SSSR count). The van der Waals surface area contributed by atoms with Crippen LogP contribution in [0.3, 0.4) is 0 Å². The summed E-state index contributed by atoms with van der Waals surface area (Å²) < 4.78 is 21.0. The number of nitrogens with zero attached hydrogens (tertiary/aromatic N) is 1. The van der Waals surface area contributed by atoms with Gasteiger partial charge in [0.2, 0.25) is 5.91 Å². The molecule has 6 nitrogen and oxygen atoms in total. The van der Waals surface area contributed by atoms with E-state index in [-0.39, 0.29) is 11.6 Å². The first-order chi connectivity index (χ1) is 13.8. The van der Waals surface area contributed by atoms with Crippen molar-refractivity contribution in [2.45, 2.75) is 20.8 Å². The summed E-state index contributed by atoms with van der Waals surface area (Å²) in [5.74, 6) is -0.537. The third kappa shape index (κ3) is 4.29. The van der Waals surface area contributed by atoms with Gasteiger partial charge in [0, 0.05) is 29.7 Å². The highest BCUT2D eigenvalue weighted by Crippen LogP contribution is 2.25. The number of benzene rings is 2. The summed E-state index contributed by atoms with van der Waals surface area (Å²) in [7, 11) is 1.61. The van der Waals surface area contributed by atoms with Crippen molar-refractivity contribution >= 4 is 23.2 Å². The van der Waals surface area contributed by atoms with Crippen molar-refractivity contribution in [3.05, 3.63) is 71.3 Å². The molecule has 29 heavy (non-hydrogen) atoms. The fraction of sp³-hybridized carbons (Fsp3) is 0.182. The van der Waals surface area contributed by atoms with Crippen molar-refractivity contribution in [1.82, 2.24) is 4.57 Å². The van der Waals surface area contributed by atoms with E-state index >= 15 is 0 Å². The van der Waals surface area contributed by atoms with Gasteiger partial charge < -0.3 is 19.9 Å². The lowest BCUT2D eigenvalue weighted by Crippen LogP contribution is -2.14. The summed E-state index contributed by atoms with van der Waals surface area (Å²) in [6.45, 7) is 5.07. The molecule has 0 saturated carbocycles. The summed E-state index contributed by atoms with van der Waals surface area (Å²) in [5, 5.41) is 5.16. The van der Waals surface area contributed by atoms with E-state index < -0.39 is 11.7 Å². The van der Waals surface area contributed by atoms with Crippen molar-refractivity contribution < 1.29 is 18.7 Å². The first-order valence-electron chi connectivity index (χ1n) is 9.02. The zero-order chi connectivity index (χ0) is 21.1. The predicted molar refractivity (Wildman–Crippen MR) is 110 cm³/mol. The molecule has 2 amide bonds. The number of rotatable bonds is 5. The van der Waals surface area contributed by atoms with E-state index in [1.807, 2.05) is 42.7 Å². The fourth-order valence-corrected chi connectivity index (χ4v) is 3.21. The van der Waals surface area contributed by atoms with Gasteiger partial charge in [-0.15, -0.1) is 0 Å². The van der Waals surface area contributed by atoms with Gasteiger partial charge in [-0.3, -0.25) is 9.59 Å². The molecule has 2 N–H and O–H groups in total. The van der Waals surface area contributed by atoms with Crippen LogP contribution in [0.5, 0.6) is 5.75 Å². The van der Waals surface area contributed by atoms with E-state index in [1.54, 1.807) is 13.2 Å². The van der Waals surface area contributed by atoms with E-state index in [9.17, 15) is 14.0 Å². The van der Waals surface area contributed by atoms with Crippen LogP contribution in [0.25, 0.3) is 5.69 Å². The quantitative estimate of drug-likeness (QED) is 0.670. The summed E-state index contributed by atoms with van der Waals surface area (Å²) >= 11 is 0. The van der Waals surface area contributed by atoms with Crippen molar-refractivity contribution in [2.24, 2.45) is 0 Å². The van der Waals surface area contributed by atoms with Crippen LogP contribution < -0.4 is 15.4 Å². The van der Waals surface area contributed by atoms with Gasteiger partial charge in [0.15, 0.2) is 0 Å². The molecule has 0 spiro atoms. The average molecular weight is 395 g/mol. The molecule has 0 aliphatic heterocycles. The van der Waals surface area contributed by atoms with Crippen molar-refractivity contribution in [1.29, 1.82) is 0 Å². The van der Waals surface area contributed by atoms with Gasteiger partial charge in [-0.2, -0.15) is 0 Å². The Hall–Kier alpha value is -3.61. The highest BCUT2D eigenvalue weighted by Gasteiger charge is 2.17. The van der Waals surface area contributed by atoms with Crippen LogP contribution in [0, 0.1) is 19.7 Å². The van der Waals surface area contributed by atoms with E-state index in [0.717, 1.165) is 22.8 Å². The molecule has 0 unspecified atom stereocenters. The summed E-state index contributed by atoms with van der Waals surface area (Å²) in [6.07, 6.45) is 0. The van der Waals surface area contributed by atoms with Crippen molar-refractivity contribution in [3.8, 4) is 11.4 Å². The second kappa shape index (κ2) is 8.18. The Kier molecular flexibility index (Phi) is 5.68. The maximum absolute atomic E-state index is 13.8. The molecular formula is C22H22FN3O3. The van der Waals surface area contributed by atoms with Crippen LogP contribution in [-0.2, 0) is 4.79 Å². The lowest BCUT2D eigenvalue weighted by molar-refractivity contribution is -0.114. The largest absolute Gasteiger partial charge is 0.497 e. The molecule has 0 aliphatic carbocycles. The normalized spacial score (nSPS) is 10.5. The second-order valence-corrected chi connectivity index (χ2v) is 6.65. The topological polar surface area (TPSA) is 72.4 Å². The van der Waals surface area contributed by atoms with Gasteiger partial charge in [0.1, 0.15) is 11.6 Å². The number of nitrogens with one attached hydrogen (secondary N) is 2. The predicted octanol–water partition coefficient (Wildman–Crippen LogP) is 4.45. The maximum atomic E-state index is 13.8. The molecular weight excluding hydrogens is 373 g/mol. The summed E-state index contributed by atoms with van der Waals surface area (Å²) in [4.78, 5) is 24.0. The van der Waals surface area contributed by atoms with Gasteiger partial charge in [-0.25, -0.2) is 4.39 Å². The first-order valence-corrected chi connectivity index (χ1v) is 9.02. The monoisotopic (exact) mass is 395 g/mol. The number of aromatic nitrogens is 1. The number of anilines is 2. The van der Waals surface area contributed by atoms with Gasteiger partial charge >= 0.3 is 0 Å². The molecule has 3 aromatic rings. The van der Waals surface area contributed by atoms with Crippen LogP contribution in [0.4, 0.5) is 15.8 Å². The van der Waals surface area contributed by atoms with Crippen LogP contribution in [0.1, 0.15) is 28.7 Å². The number of carbonyl (C=O) groups excluding carboxylic acids is 2. The van der Waals surface area contributed by atoms with E-state index in [4.69, 9.17) is 4.74 Å². The Labute approximate surface area is 168 Å². The number of aryl methyl sites for hydroxylation is 1. The van der Waals surface area contributed by atoms with E-state index in [2.05, 4.69) is 10.6 Å². The molecule has 0 radical (unpaired) electrons. The Morgan fingerprint density at radius 2 is 1.69 bits per heavy atom. The molecule has 0 aliphatic rings. The zero-order valence-corrected chi connectivity index (χ0v) is 16.7. The van der Waals surface area contributed by atoms with Gasteiger partial charge in [0.25, 0.3) is 5.91 Å². The number of carbonyl (C=O) groups is 2. The van der Waals surface area contributed by atoms with E-state index in [0.29, 0.717) is 11.3 Å². The third-order valence-electron chi connectivity index (χ3n) is 4.54. The number of hydrogen-bond acceptors (Lipinski definition) is 3. The number of ether oxygens (including phenoxy) is 1. The van der Waals surface area contributed by atoms with Crippen LogP contribution in [0.15, 0.2) is 48.5 Å². The molecule has 2 aromatic carbocycles. The van der Waals surface area contributed by atoms with Gasteiger partial charge in [-0.1, -0.05) is 0 Å². The minimum absolute atomic E-state index is 0.0130. The van der Waals surface area contributed by atoms with Crippen molar-refractivity contribution in [2.75, 3.05) is 17.7 Å².